The summed E-state index contributed by atoms with van der Waals surface area (Å²) in [4.78, 5) is 27.3. The number of hydrogen-bond donors (Lipinski definition) is 2. The number of para-hydroxylation sites is 2. The zero-order valence-electron chi connectivity index (χ0n) is 27.3. The van der Waals surface area contributed by atoms with Crippen molar-refractivity contribution in [3.8, 4) is 11.5 Å². The van der Waals surface area contributed by atoms with Crippen LogP contribution in [-0.4, -0.2) is 41.0 Å². The molecule has 0 fully saturated rings. The van der Waals surface area contributed by atoms with Crippen LogP contribution < -0.4 is 24.4 Å². The average Bonchev–Trinajstić information content (AvgIpc) is 3.11. The highest BCUT2D eigenvalue weighted by Gasteiger charge is 2.29. The number of sulfonamides is 1. The second kappa shape index (κ2) is 15.7. The number of anilines is 2. The Kier molecular flexibility index (Phi) is 11.2. The maximum atomic E-state index is 14.2. The van der Waals surface area contributed by atoms with Gasteiger partial charge in [0.15, 0.2) is 11.5 Å². The molecule has 0 heterocycles. The molecule has 0 aliphatic rings. The van der Waals surface area contributed by atoms with Crippen LogP contribution in [-0.2, 0) is 23.0 Å². The summed E-state index contributed by atoms with van der Waals surface area (Å²) in [5, 5.41) is 6.26. The van der Waals surface area contributed by atoms with Crippen molar-refractivity contribution in [1.29, 1.82) is 0 Å². The van der Waals surface area contributed by atoms with E-state index in [2.05, 4.69) is 10.6 Å². The molecule has 11 heteroatoms. The van der Waals surface area contributed by atoms with Crippen molar-refractivity contribution >= 4 is 44.8 Å². The Bertz CT molecular complexity index is 2050. The third kappa shape index (κ3) is 8.40. The number of benzene rings is 5. The lowest BCUT2D eigenvalue weighted by molar-refractivity contribution is 0.0955. The number of rotatable bonds is 13. The number of ether oxygens (including phenoxy) is 2. The van der Waals surface area contributed by atoms with Crippen LogP contribution >= 0.6 is 11.6 Å². The molecule has 0 bridgehead atoms. The fraction of sp³-hybridized carbons (Fsp3) is 0.158. The lowest BCUT2D eigenvalue weighted by Gasteiger charge is -2.27. The van der Waals surface area contributed by atoms with Gasteiger partial charge in [0.1, 0.15) is 0 Å². The van der Waals surface area contributed by atoms with Crippen molar-refractivity contribution in [2.75, 3.05) is 30.4 Å². The van der Waals surface area contributed by atoms with Gasteiger partial charge in [-0.2, -0.15) is 0 Å². The Morgan fingerprint density at radius 1 is 0.735 bits per heavy atom. The highest BCUT2D eigenvalue weighted by atomic mass is 35.5. The van der Waals surface area contributed by atoms with Crippen LogP contribution in [0.25, 0.3) is 0 Å². The Balaban J connectivity index is 1.40. The molecule has 0 aliphatic heterocycles. The van der Waals surface area contributed by atoms with Crippen LogP contribution in [0.5, 0.6) is 11.5 Å². The molecule has 2 amide bonds. The van der Waals surface area contributed by atoms with Gasteiger partial charge in [0.25, 0.3) is 21.8 Å². The van der Waals surface area contributed by atoms with E-state index < -0.39 is 15.9 Å². The van der Waals surface area contributed by atoms with Crippen molar-refractivity contribution in [3.63, 3.8) is 0 Å². The fourth-order valence-corrected chi connectivity index (χ4v) is 6.81. The van der Waals surface area contributed by atoms with Gasteiger partial charge in [0.05, 0.1) is 48.2 Å². The van der Waals surface area contributed by atoms with Crippen LogP contribution in [0, 0.1) is 6.92 Å². The molecule has 0 unspecified atom stereocenters. The van der Waals surface area contributed by atoms with E-state index in [0.717, 1.165) is 11.1 Å². The summed E-state index contributed by atoms with van der Waals surface area (Å²) in [6, 6.07) is 32.0. The van der Waals surface area contributed by atoms with Crippen LogP contribution in [0.3, 0.4) is 0 Å². The summed E-state index contributed by atoms with van der Waals surface area (Å²) in [6.07, 6.45) is 0.535. The minimum absolute atomic E-state index is 0.0588. The van der Waals surface area contributed by atoms with Gasteiger partial charge in [-0.1, -0.05) is 71.8 Å². The third-order valence-electron chi connectivity index (χ3n) is 7.83. The Labute approximate surface area is 291 Å². The molecule has 2 N–H and O–H groups in total. The molecule has 5 aromatic carbocycles. The highest BCUT2D eigenvalue weighted by Crippen LogP contribution is 2.31. The van der Waals surface area contributed by atoms with E-state index in [1.165, 1.54) is 4.31 Å². The number of nitrogens with zero attached hydrogens (tertiary/aromatic N) is 1. The average molecular weight is 698 g/mol. The van der Waals surface area contributed by atoms with E-state index in [0.29, 0.717) is 35.1 Å². The first-order valence-corrected chi connectivity index (χ1v) is 17.2. The summed E-state index contributed by atoms with van der Waals surface area (Å²) < 4.78 is 40.2. The van der Waals surface area contributed by atoms with Gasteiger partial charge in [-0.25, -0.2) is 8.42 Å². The number of hydrogen-bond acceptors (Lipinski definition) is 6. The number of amides is 2. The molecule has 0 saturated carbocycles. The van der Waals surface area contributed by atoms with Crippen LogP contribution in [0.4, 0.5) is 11.4 Å². The number of methoxy groups -OCH3 is 2. The van der Waals surface area contributed by atoms with Gasteiger partial charge in [0.2, 0.25) is 0 Å². The highest BCUT2D eigenvalue weighted by molar-refractivity contribution is 7.92. The minimum Gasteiger partial charge on any atom is -0.493 e. The van der Waals surface area contributed by atoms with Gasteiger partial charge in [-0.05, 0) is 85.1 Å². The Morgan fingerprint density at radius 3 is 2.06 bits per heavy atom. The first kappa shape index (κ1) is 35.0. The zero-order valence-corrected chi connectivity index (χ0v) is 28.8. The molecule has 252 valence electrons. The number of carbonyl (C=O) groups is 2. The maximum Gasteiger partial charge on any atom is 0.264 e. The number of aryl methyl sites for hydroxylation is 1. The van der Waals surface area contributed by atoms with Gasteiger partial charge in [-0.15, -0.1) is 0 Å². The molecule has 9 nitrogen and oxygen atoms in total. The lowest BCUT2D eigenvalue weighted by atomic mass is 10.1. The Hall–Kier alpha value is -5.32. The van der Waals surface area contributed by atoms with E-state index in [9.17, 15) is 18.0 Å². The normalized spacial score (nSPS) is 11.0. The summed E-state index contributed by atoms with van der Waals surface area (Å²) >= 11 is 6.10. The van der Waals surface area contributed by atoms with E-state index in [1.807, 2.05) is 19.1 Å². The molecule has 0 radical (unpaired) electrons. The molecule has 0 aromatic heterocycles. The summed E-state index contributed by atoms with van der Waals surface area (Å²) in [5.74, 6) is 0.248. The second-order valence-electron chi connectivity index (χ2n) is 11.2. The van der Waals surface area contributed by atoms with Crippen LogP contribution in [0.2, 0.25) is 5.02 Å². The summed E-state index contributed by atoms with van der Waals surface area (Å²) in [5.41, 5.74) is 3.34. The fourth-order valence-electron chi connectivity index (χ4n) is 5.21. The van der Waals surface area contributed by atoms with Crippen LogP contribution in [0.1, 0.15) is 37.4 Å². The quantitative estimate of drug-likeness (QED) is 0.134. The standard InChI is InChI=1S/C38H36ClN3O6S/c1-26-12-19-30(20-13-26)49(45,46)42(25-28-14-17-29(39)18-15-28)34-11-7-5-9-32(34)38(44)41-33-10-6-4-8-31(33)37(43)40-23-22-27-16-21-35(47-2)36(24-27)48-3/h4-21,24H,22-23,25H2,1-3H3,(H,40,43)(H,41,44). The number of halogens is 1. The SMILES string of the molecule is COc1ccc(CCNC(=O)c2ccccc2NC(=O)c2ccccc2N(Cc2ccc(Cl)cc2)S(=O)(=O)c2ccc(C)cc2)cc1OC. The monoisotopic (exact) mass is 697 g/mol. The maximum absolute atomic E-state index is 14.2. The smallest absolute Gasteiger partial charge is 0.264 e. The topological polar surface area (TPSA) is 114 Å². The van der Waals surface area contributed by atoms with Crippen molar-refractivity contribution < 1.29 is 27.5 Å². The third-order valence-corrected chi connectivity index (χ3v) is 9.86. The van der Waals surface area contributed by atoms with Crippen LogP contribution in [0.15, 0.2) is 120 Å². The van der Waals surface area contributed by atoms with Crippen molar-refractivity contribution in [2.45, 2.75) is 24.8 Å². The van der Waals surface area contributed by atoms with Crippen molar-refractivity contribution in [2.24, 2.45) is 0 Å². The van der Waals surface area contributed by atoms with Gasteiger partial charge in [-0.3, -0.25) is 13.9 Å². The molecule has 49 heavy (non-hydrogen) atoms. The van der Waals surface area contributed by atoms with E-state index >= 15 is 0 Å². The van der Waals surface area contributed by atoms with Crippen molar-refractivity contribution in [3.05, 3.63) is 148 Å². The van der Waals surface area contributed by atoms with E-state index in [-0.39, 0.29) is 39.8 Å². The van der Waals surface area contributed by atoms with Gasteiger partial charge < -0.3 is 20.1 Å². The minimum atomic E-state index is -4.13. The molecular formula is C38H36ClN3O6S. The first-order chi connectivity index (χ1) is 23.6. The van der Waals surface area contributed by atoms with Crippen molar-refractivity contribution in [1.82, 2.24) is 5.32 Å². The zero-order chi connectivity index (χ0) is 35.0. The lowest BCUT2D eigenvalue weighted by Crippen LogP contribution is -2.32. The molecule has 0 aliphatic carbocycles. The largest absolute Gasteiger partial charge is 0.493 e. The predicted molar refractivity (Wildman–Crippen MR) is 192 cm³/mol. The number of carbonyl (C=O) groups excluding carboxylic acids is 2. The molecular weight excluding hydrogens is 662 g/mol. The first-order valence-electron chi connectivity index (χ1n) is 15.4. The Morgan fingerprint density at radius 2 is 1.37 bits per heavy atom. The van der Waals surface area contributed by atoms with Gasteiger partial charge in [0, 0.05) is 11.6 Å². The molecule has 0 atom stereocenters. The second-order valence-corrected chi connectivity index (χ2v) is 13.5. The van der Waals surface area contributed by atoms with E-state index in [1.54, 1.807) is 117 Å². The molecule has 5 aromatic rings. The summed E-state index contributed by atoms with van der Waals surface area (Å²) in [7, 11) is -1.00. The number of nitrogens with one attached hydrogen (secondary N) is 2. The molecule has 5 rings (SSSR count). The predicted octanol–water partition coefficient (Wildman–Crippen LogP) is 7.29. The molecule has 0 spiro atoms. The van der Waals surface area contributed by atoms with Gasteiger partial charge >= 0.3 is 0 Å². The summed E-state index contributed by atoms with van der Waals surface area (Å²) in [6.45, 7) is 2.14. The molecule has 0 saturated heterocycles. The van der Waals surface area contributed by atoms with E-state index in [4.69, 9.17) is 21.1 Å².